The summed E-state index contributed by atoms with van der Waals surface area (Å²) in [5.41, 5.74) is 5.03. The Morgan fingerprint density at radius 2 is 1.67 bits per heavy atom. The van der Waals surface area contributed by atoms with Gasteiger partial charge in [0.1, 0.15) is 12.4 Å². The molecule has 0 aromatic heterocycles. The van der Waals surface area contributed by atoms with Crippen molar-refractivity contribution in [3.63, 3.8) is 0 Å². The first-order valence-electron chi connectivity index (χ1n) is 10.6. The Balaban J connectivity index is 1.82. The molecule has 0 N–H and O–H groups in total. The monoisotopic (exact) mass is 437 g/mol. The van der Waals surface area contributed by atoms with Gasteiger partial charge in [-0.1, -0.05) is 60.7 Å². The lowest BCUT2D eigenvalue weighted by atomic mass is 9.77. The third-order valence-corrected chi connectivity index (χ3v) is 5.83. The Kier molecular flexibility index (Phi) is 6.32. The van der Waals surface area contributed by atoms with Crippen molar-refractivity contribution in [1.29, 1.82) is 5.26 Å². The summed E-state index contributed by atoms with van der Waals surface area (Å²) in [7, 11) is 0. The maximum atomic E-state index is 12.2. The van der Waals surface area contributed by atoms with E-state index in [2.05, 4.69) is 11.1 Å². The zero-order chi connectivity index (χ0) is 23.4. The standard InChI is InChI=1S/C27H23N3O3/c1-18-25(22-14-12-20(16-28)13-15-22)26(27(30(31)32)19(2)29-18)23-10-6-7-11-24(23)33-17-21-8-4-3-5-9-21/h3-15,26-27H,17H2,1-2H3. The molecule has 0 amide bonds. The van der Waals surface area contributed by atoms with E-state index in [9.17, 15) is 15.4 Å². The molecule has 0 saturated carbocycles. The number of nitro groups is 1. The first-order valence-corrected chi connectivity index (χ1v) is 10.6. The van der Waals surface area contributed by atoms with Crippen LogP contribution in [-0.4, -0.2) is 16.7 Å². The second-order valence-corrected chi connectivity index (χ2v) is 7.96. The fraction of sp³-hybridized carbons (Fsp3) is 0.185. The molecule has 0 spiro atoms. The fourth-order valence-electron chi connectivity index (χ4n) is 4.33. The molecule has 6 nitrogen and oxygen atoms in total. The lowest BCUT2D eigenvalue weighted by molar-refractivity contribution is -0.504. The highest BCUT2D eigenvalue weighted by molar-refractivity contribution is 5.95. The van der Waals surface area contributed by atoms with Crippen LogP contribution in [0.3, 0.4) is 0 Å². The maximum absolute atomic E-state index is 12.2. The van der Waals surface area contributed by atoms with E-state index in [-0.39, 0.29) is 4.92 Å². The number of nitriles is 1. The average Bonchev–Trinajstić information content (AvgIpc) is 2.83. The number of benzene rings is 3. The van der Waals surface area contributed by atoms with E-state index < -0.39 is 12.0 Å². The van der Waals surface area contributed by atoms with Gasteiger partial charge in [0.25, 0.3) is 6.04 Å². The SMILES string of the molecule is CC1=NC(C)=C(c2ccc(C#N)cc2)C(c2ccccc2OCc2ccccc2)C1[N+](=O)[O-]. The number of rotatable bonds is 6. The predicted octanol–water partition coefficient (Wildman–Crippen LogP) is 5.77. The van der Waals surface area contributed by atoms with Crippen molar-refractivity contribution in [3.8, 4) is 11.8 Å². The lowest BCUT2D eigenvalue weighted by Crippen LogP contribution is -2.37. The van der Waals surface area contributed by atoms with Crippen molar-refractivity contribution in [2.45, 2.75) is 32.4 Å². The van der Waals surface area contributed by atoms with E-state index in [1.807, 2.05) is 73.7 Å². The van der Waals surface area contributed by atoms with Crippen molar-refractivity contribution in [3.05, 3.63) is 117 Å². The summed E-state index contributed by atoms with van der Waals surface area (Å²) in [5, 5.41) is 21.4. The summed E-state index contributed by atoms with van der Waals surface area (Å²) in [5.74, 6) is 0.0178. The van der Waals surface area contributed by atoms with E-state index in [1.165, 1.54) is 0 Å². The third kappa shape index (κ3) is 4.53. The van der Waals surface area contributed by atoms with Gasteiger partial charge in [-0.2, -0.15) is 5.26 Å². The highest BCUT2D eigenvalue weighted by Crippen LogP contribution is 2.45. The van der Waals surface area contributed by atoms with E-state index in [0.29, 0.717) is 23.6 Å². The molecule has 0 saturated heterocycles. The normalized spacial score (nSPS) is 17.8. The number of nitrogens with zero attached hydrogens (tertiary/aromatic N) is 3. The molecule has 4 rings (SSSR count). The van der Waals surface area contributed by atoms with E-state index in [4.69, 9.17) is 4.74 Å². The molecular formula is C27H23N3O3. The fourth-order valence-corrected chi connectivity index (χ4v) is 4.33. The summed E-state index contributed by atoms with van der Waals surface area (Å²) in [6, 6.07) is 25.4. The highest BCUT2D eigenvalue weighted by atomic mass is 16.6. The minimum absolute atomic E-state index is 0.270. The van der Waals surface area contributed by atoms with Gasteiger partial charge >= 0.3 is 0 Å². The minimum atomic E-state index is -1.03. The summed E-state index contributed by atoms with van der Waals surface area (Å²) in [6.07, 6.45) is 0. The second-order valence-electron chi connectivity index (χ2n) is 7.96. The Morgan fingerprint density at radius 3 is 2.33 bits per heavy atom. The number of hydrogen-bond acceptors (Lipinski definition) is 5. The molecule has 2 unspecified atom stereocenters. The molecule has 1 aliphatic heterocycles. The molecule has 3 aromatic rings. The van der Waals surface area contributed by atoms with Crippen LogP contribution in [0.5, 0.6) is 5.75 Å². The van der Waals surface area contributed by atoms with Crippen LogP contribution in [-0.2, 0) is 6.61 Å². The van der Waals surface area contributed by atoms with Gasteiger partial charge in [-0.25, -0.2) is 0 Å². The molecular weight excluding hydrogens is 414 g/mol. The number of allylic oxidation sites excluding steroid dienone is 1. The van der Waals surface area contributed by atoms with Crippen LogP contribution in [0.25, 0.3) is 5.57 Å². The van der Waals surface area contributed by atoms with Gasteiger partial charge in [-0.05, 0) is 48.7 Å². The molecule has 33 heavy (non-hydrogen) atoms. The summed E-state index contributed by atoms with van der Waals surface area (Å²) < 4.78 is 6.17. The molecule has 164 valence electrons. The van der Waals surface area contributed by atoms with Gasteiger partial charge in [0, 0.05) is 16.2 Å². The zero-order valence-corrected chi connectivity index (χ0v) is 18.4. The van der Waals surface area contributed by atoms with Gasteiger partial charge in [-0.15, -0.1) is 0 Å². The Bertz CT molecular complexity index is 1270. The lowest BCUT2D eigenvalue weighted by Gasteiger charge is -2.30. The van der Waals surface area contributed by atoms with Crippen molar-refractivity contribution < 1.29 is 9.66 Å². The van der Waals surface area contributed by atoms with E-state index in [0.717, 1.165) is 28.0 Å². The van der Waals surface area contributed by atoms with Gasteiger partial charge in [0.2, 0.25) is 0 Å². The van der Waals surface area contributed by atoms with Crippen LogP contribution in [0.4, 0.5) is 0 Å². The molecule has 0 radical (unpaired) electrons. The van der Waals surface area contributed by atoms with Crippen molar-refractivity contribution in [2.75, 3.05) is 0 Å². The first kappa shape index (κ1) is 22.0. The van der Waals surface area contributed by atoms with Crippen LogP contribution in [0.1, 0.15) is 42.0 Å². The topological polar surface area (TPSA) is 88.5 Å². The van der Waals surface area contributed by atoms with Crippen molar-refractivity contribution in [2.24, 2.45) is 4.99 Å². The van der Waals surface area contributed by atoms with Crippen molar-refractivity contribution >= 4 is 11.3 Å². The quantitative estimate of drug-likeness (QED) is 0.362. The zero-order valence-electron chi connectivity index (χ0n) is 18.4. The number of ether oxygens (including phenoxy) is 1. The first-order chi connectivity index (χ1) is 16.0. The number of aliphatic imine (C=N–C) groups is 1. The molecule has 3 aromatic carbocycles. The van der Waals surface area contributed by atoms with Crippen LogP contribution in [0.15, 0.2) is 89.6 Å². The number of hydrogen-bond donors (Lipinski definition) is 0. The average molecular weight is 437 g/mol. The van der Waals surface area contributed by atoms with E-state index >= 15 is 0 Å². The van der Waals surface area contributed by atoms with Crippen LogP contribution >= 0.6 is 0 Å². The Morgan fingerprint density at radius 1 is 1.00 bits per heavy atom. The van der Waals surface area contributed by atoms with E-state index in [1.54, 1.807) is 19.1 Å². The molecule has 0 aliphatic carbocycles. The molecule has 6 heteroatoms. The Labute approximate surface area is 192 Å². The van der Waals surface area contributed by atoms with Gasteiger partial charge in [0.15, 0.2) is 0 Å². The minimum Gasteiger partial charge on any atom is -0.489 e. The summed E-state index contributed by atoms with van der Waals surface area (Å²) >= 11 is 0. The van der Waals surface area contributed by atoms with Crippen LogP contribution in [0.2, 0.25) is 0 Å². The van der Waals surface area contributed by atoms with Crippen LogP contribution in [0, 0.1) is 21.4 Å². The molecule has 0 bridgehead atoms. The van der Waals surface area contributed by atoms with Gasteiger partial charge in [0.05, 0.1) is 23.3 Å². The maximum Gasteiger partial charge on any atom is 0.261 e. The van der Waals surface area contributed by atoms with Gasteiger partial charge in [-0.3, -0.25) is 15.1 Å². The van der Waals surface area contributed by atoms with Crippen molar-refractivity contribution in [1.82, 2.24) is 0 Å². The molecule has 1 aliphatic rings. The highest BCUT2D eigenvalue weighted by Gasteiger charge is 2.43. The summed E-state index contributed by atoms with van der Waals surface area (Å²) in [6.45, 7) is 3.93. The second kappa shape index (κ2) is 9.49. The smallest absolute Gasteiger partial charge is 0.261 e. The van der Waals surface area contributed by atoms with Crippen LogP contribution < -0.4 is 4.74 Å². The number of para-hydroxylation sites is 1. The molecule has 0 fully saturated rings. The third-order valence-electron chi connectivity index (χ3n) is 5.83. The summed E-state index contributed by atoms with van der Waals surface area (Å²) in [4.78, 5) is 16.5. The Hall–Kier alpha value is -4.24. The molecule has 1 heterocycles. The predicted molar refractivity (Wildman–Crippen MR) is 128 cm³/mol. The van der Waals surface area contributed by atoms with Gasteiger partial charge < -0.3 is 4.74 Å². The molecule has 2 atom stereocenters. The largest absolute Gasteiger partial charge is 0.489 e.